The SMILES string of the molecule is CCc1ccccc1NC(=O)CN(C)C1CC1. The Balaban J connectivity index is 1.92. The number of rotatable bonds is 5. The zero-order valence-corrected chi connectivity index (χ0v) is 10.6. The summed E-state index contributed by atoms with van der Waals surface area (Å²) in [4.78, 5) is 14.0. The lowest BCUT2D eigenvalue weighted by Crippen LogP contribution is -2.31. The van der Waals surface area contributed by atoms with Crippen molar-refractivity contribution >= 4 is 11.6 Å². The van der Waals surface area contributed by atoms with E-state index in [0.717, 1.165) is 12.1 Å². The van der Waals surface area contributed by atoms with E-state index in [1.54, 1.807) is 0 Å². The zero-order chi connectivity index (χ0) is 12.3. The number of nitrogens with zero attached hydrogens (tertiary/aromatic N) is 1. The third kappa shape index (κ3) is 3.30. The predicted molar refractivity (Wildman–Crippen MR) is 70.1 cm³/mol. The maximum Gasteiger partial charge on any atom is 0.238 e. The van der Waals surface area contributed by atoms with Gasteiger partial charge in [-0.25, -0.2) is 0 Å². The Labute approximate surface area is 103 Å². The number of amides is 1. The van der Waals surface area contributed by atoms with Gasteiger partial charge < -0.3 is 5.32 Å². The molecular formula is C14H20N2O. The predicted octanol–water partition coefficient (Wildman–Crippen LogP) is 2.28. The van der Waals surface area contributed by atoms with Gasteiger partial charge in [0, 0.05) is 11.7 Å². The summed E-state index contributed by atoms with van der Waals surface area (Å²) in [6, 6.07) is 8.61. The van der Waals surface area contributed by atoms with Crippen LogP contribution in [0.25, 0.3) is 0 Å². The highest BCUT2D eigenvalue weighted by atomic mass is 16.2. The van der Waals surface area contributed by atoms with Gasteiger partial charge in [0.05, 0.1) is 6.54 Å². The summed E-state index contributed by atoms with van der Waals surface area (Å²) in [5.41, 5.74) is 2.14. The van der Waals surface area contributed by atoms with E-state index in [4.69, 9.17) is 0 Å². The number of nitrogens with one attached hydrogen (secondary N) is 1. The molecule has 2 rings (SSSR count). The first kappa shape index (κ1) is 12.1. The van der Waals surface area contributed by atoms with Crippen LogP contribution in [0.2, 0.25) is 0 Å². The number of para-hydroxylation sites is 1. The summed E-state index contributed by atoms with van der Waals surface area (Å²) in [5, 5.41) is 2.99. The Morgan fingerprint density at radius 1 is 1.41 bits per heavy atom. The molecule has 0 unspecified atom stereocenters. The van der Waals surface area contributed by atoms with Crippen LogP contribution >= 0.6 is 0 Å². The zero-order valence-electron chi connectivity index (χ0n) is 10.6. The Morgan fingerprint density at radius 3 is 2.76 bits per heavy atom. The van der Waals surface area contributed by atoms with Crippen LogP contribution in [0.15, 0.2) is 24.3 Å². The quantitative estimate of drug-likeness (QED) is 0.844. The minimum absolute atomic E-state index is 0.0836. The monoisotopic (exact) mass is 232 g/mol. The highest BCUT2D eigenvalue weighted by Crippen LogP contribution is 2.25. The molecule has 0 radical (unpaired) electrons. The van der Waals surface area contributed by atoms with Gasteiger partial charge in [0.2, 0.25) is 5.91 Å². The summed E-state index contributed by atoms with van der Waals surface area (Å²) < 4.78 is 0. The molecule has 17 heavy (non-hydrogen) atoms. The van der Waals surface area contributed by atoms with Crippen LogP contribution in [0.5, 0.6) is 0 Å². The molecule has 0 spiro atoms. The van der Waals surface area contributed by atoms with Gasteiger partial charge in [0.25, 0.3) is 0 Å². The van der Waals surface area contributed by atoms with E-state index in [2.05, 4.69) is 23.2 Å². The number of likely N-dealkylation sites (N-methyl/N-ethyl adjacent to an activating group) is 1. The first-order valence-corrected chi connectivity index (χ1v) is 6.28. The lowest BCUT2D eigenvalue weighted by molar-refractivity contribution is -0.117. The van der Waals surface area contributed by atoms with E-state index in [1.807, 2.05) is 25.2 Å². The van der Waals surface area contributed by atoms with E-state index >= 15 is 0 Å². The molecule has 1 saturated carbocycles. The second kappa shape index (κ2) is 5.32. The lowest BCUT2D eigenvalue weighted by atomic mass is 10.1. The largest absolute Gasteiger partial charge is 0.325 e. The second-order valence-electron chi connectivity index (χ2n) is 4.71. The van der Waals surface area contributed by atoms with Gasteiger partial charge in [0.15, 0.2) is 0 Å². The molecule has 0 saturated heterocycles. The molecule has 0 bridgehead atoms. The van der Waals surface area contributed by atoms with Crippen molar-refractivity contribution in [2.45, 2.75) is 32.2 Å². The van der Waals surface area contributed by atoms with E-state index < -0.39 is 0 Å². The smallest absolute Gasteiger partial charge is 0.238 e. The molecule has 0 aliphatic heterocycles. The molecule has 1 amide bonds. The standard InChI is InChI=1S/C14H20N2O/c1-3-11-6-4-5-7-13(11)15-14(17)10-16(2)12-8-9-12/h4-7,12H,3,8-10H2,1-2H3,(H,15,17). The minimum Gasteiger partial charge on any atom is -0.325 e. The van der Waals surface area contributed by atoms with Gasteiger partial charge in [0.1, 0.15) is 0 Å². The first-order valence-electron chi connectivity index (χ1n) is 6.28. The molecule has 3 nitrogen and oxygen atoms in total. The molecule has 1 fully saturated rings. The molecule has 3 heteroatoms. The molecule has 1 aromatic carbocycles. The fourth-order valence-electron chi connectivity index (χ4n) is 2.01. The summed E-state index contributed by atoms with van der Waals surface area (Å²) in [6.07, 6.45) is 3.40. The van der Waals surface area contributed by atoms with E-state index in [1.165, 1.54) is 18.4 Å². The number of carbonyl (C=O) groups excluding carboxylic acids is 1. The van der Waals surface area contributed by atoms with Crippen molar-refractivity contribution in [2.24, 2.45) is 0 Å². The molecular weight excluding hydrogens is 212 g/mol. The fourth-order valence-corrected chi connectivity index (χ4v) is 2.01. The number of carbonyl (C=O) groups is 1. The van der Waals surface area contributed by atoms with Gasteiger partial charge in [-0.1, -0.05) is 25.1 Å². The lowest BCUT2D eigenvalue weighted by Gasteiger charge is -2.16. The maximum absolute atomic E-state index is 11.9. The maximum atomic E-state index is 11.9. The fraction of sp³-hybridized carbons (Fsp3) is 0.500. The van der Waals surface area contributed by atoms with E-state index in [-0.39, 0.29) is 5.91 Å². The van der Waals surface area contributed by atoms with Crippen molar-refractivity contribution < 1.29 is 4.79 Å². The molecule has 1 aliphatic rings. The molecule has 0 heterocycles. The molecule has 0 atom stereocenters. The highest BCUT2D eigenvalue weighted by Gasteiger charge is 2.27. The molecule has 1 aliphatic carbocycles. The van der Waals surface area contributed by atoms with Gasteiger partial charge in [-0.3, -0.25) is 9.69 Å². The molecule has 0 aromatic heterocycles. The van der Waals surface area contributed by atoms with Crippen molar-refractivity contribution in [3.8, 4) is 0 Å². The van der Waals surface area contributed by atoms with Crippen molar-refractivity contribution in [2.75, 3.05) is 18.9 Å². The van der Waals surface area contributed by atoms with Crippen molar-refractivity contribution in [3.05, 3.63) is 29.8 Å². The summed E-state index contributed by atoms with van der Waals surface area (Å²) in [5.74, 6) is 0.0836. The Kier molecular flexibility index (Phi) is 3.79. The number of hydrogen-bond acceptors (Lipinski definition) is 2. The van der Waals surface area contributed by atoms with Gasteiger partial charge >= 0.3 is 0 Å². The van der Waals surface area contributed by atoms with E-state index in [0.29, 0.717) is 12.6 Å². The van der Waals surface area contributed by atoms with Crippen LogP contribution in [-0.2, 0) is 11.2 Å². The Morgan fingerprint density at radius 2 is 2.12 bits per heavy atom. The van der Waals surface area contributed by atoms with Gasteiger partial charge in [-0.2, -0.15) is 0 Å². The number of aryl methyl sites for hydroxylation is 1. The number of benzene rings is 1. The Bertz CT molecular complexity index is 399. The van der Waals surface area contributed by atoms with Crippen LogP contribution < -0.4 is 5.32 Å². The Hall–Kier alpha value is -1.35. The topological polar surface area (TPSA) is 32.3 Å². The van der Waals surface area contributed by atoms with Crippen molar-refractivity contribution in [1.82, 2.24) is 4.90 Å². The minimum atomic E-state index is 0.0836. The summed E-state index contributed by atoms with van der Waals surface area (Å²) >= 11 is 0. The van der Waals surface area contributed by atoms with E-state index in [9.17, 15) is 4.79 Å². The van der Waals surface area contributed by atoms with Crippen LogP contribution in [0.1, 0.15) is 25.3 Å². The average Bonchev–Trinajstić information content (AvgIpc) is 3.13. The average molecular weight is 232 g/mol. The van der Waals surface area contributed by atoms with Crippen LogP contribution in [-0.4, -0.2) is 30.4 Å². The van der Waals surface area contributed by atoms with Crippen molar-refractivity contribution in [1.29, 1.82) is 0 Å². The third-order valence-corrected chi connectivity index (χ3v) is 3.24. The first-order chi connectivity index (χ1) is 8.20. The van der Waals surface area contributed by atoms with Crippen LogP contribution in [0.4, 0.5) is 5.69 Å². The van der Waals surface area contributed by atoms with Crippen molar-refractivity contribution in [3.63, 3.8) is 0 Å². The van der Waals surface area contributed by atoms with Gasteiger partial charge in [-0.15, -0.1) is 0 Å². The van der Waals surface area contributed by atoms with Crippen LogP contribution in [0, 0.1) is 0 Å². The highest BCUT2D eigenvalue weighted by molar-refractivity contribution is 5.93. The number of hydrogen-bond donors (Lipinski definition) is 1. The molecule has 1 N–H and O–H groups in total. The summed E-state index contributed by atoms with van der Waals surface area (Å²) in [7, 11) is 2.02. The normalized spacial score (nSPS) is 15.0. The number of anilines is 1. The molecule has 1 aromatic rings. The third-order valence-electron chi connectivity index (χ3n) is 3.24. The van der Waals surface area contributed by atoms with Crippen LogP contribution in [0.3, 0.4) is 0 Å². The second-order valence-corrected chi connectivity index (χ2v) is 4.71. The van der Waals surface area contributed by atoms with Gasteiger partial charge in [-0.05, 0) is 37.9 Å². The summed E-state index contributed by atoms with van der Waals surface area (Å²) in [6.45, 7) is 2.59. The molecule has 92 valence electrons.